The van der Waals surface area contributed by atoms with Crippen molar-refractivity contribution in [3.05, 3.63) is 24.2 Å². The first-order chi connectivity index (χ1) is 8.78. The van der Waals surface area contributed by atoms with Crippen LogP contribution in [0.15, 0.2) is 22.8 Å². The maximum Gasteiger partial charge on any atom is 0.117 e. The summed E-state index contributed by atoms with van der Waals surface area (Å²) >= 11 is 0. The van der Waals surface area contributed by atoms with Crippen molar-refractivity contribution in [2.24, 2.45) is 0 Å². The summed E-state index contributed by atoms with van der Waals surface area (Å²) in [5.74, 6) is 1.07. The highest BCUT2D eigenvalue weighted by Crippen LogP contribution is 2.31. The van der Waals surface area contributed by atoms with Crippen LogP contribution in [0.2, 0.25) is 0 Å². The molecule has 0 aliphatic carbocycles. The van der Waals surface area contributed by atoms with Gasteiger partial charge in [-0.15, -0.1) is 0 Å². The lowest BCUT2D eigenvalue weighted by Crippen LogP contribution is -2.59. The minimum atomic E-state index is 0.290. The summed E-state index contributed by atoms with van der Waals surface area (Å²) in [6, 6.07) is 4.02. The number of likely N-dealkylation sites (tertiary alicyclic amines) is 1. The molecule has 1 spiro atoms. The second-order valence-electron chi connectivity index (χ2n) is 5.55. The minimum Gasteiger partial charge on any atom is -0.468 e. The van der Waals surface area contributed by atoms with Gasteiger partial charge in [0.15, 0.2) is 0 Å². The first-order valence-corrected chi connectivity index (χ1v) is 6.82. The molecule has 0 aromatic carbocycles. The summed E-state index contributed by atoms with van der Waals surface area (Å²) in [7, 11) is 2.24. The van der Waals surface area contributed by atoms with Gasteiger partial charge in [-0.3, -0.25) is 9.80 Å². The Bertz CT molecular complexity index is 369. The molecule has 100 valence electrons. The van der Waals surface area contributed by atoms with Gasteiger partial charge in [-0.1, -0.05) is 0 Å². The summed E-state index contributed by atoms with van der Waals surface area (Å²) in [4.78, 5) is 4.98. The fourth-order valence-corrected chi connectivity index (χ4v) is 3.09. The number of hydrogen-bond acceptors (Lipinski definition) is 4. The molecule has 0 N–H and O–H groups in total. The molecular formula is C14H22N2O2. The molecule has 0 bridgehead atoms. The zero-order valence-corrected chi connectivity index (χ0v) is 11.1. The molecule has 18 heavy (non-hydrogen) atoms. The smallest absolute Gasteiger partial charge is 0.117 e. The predicted molar refractivity (Wildman–Crippen MR) is 69.4 cm³/mol. The standard InChI is InChI=1S/C14H22N2O2/c1-15-8-10-17-12-14(15)4-6-16(7-5-14)11-13-3-2-9-18-13/h2-3,9H,4-8,10-12H2,1H3. The Morgan fingerprint density at radius 3 is 2.78 bits per heavy atom. The largest absolute Gasteiger partial charge is 0.468 e. The summed E-state index contributed by atoms with van der Waals surface area (Å²) in [6.45, 7) is 6.06. The molecule has 0 amide bonds. The Morgan fingerprint density at radius 2 is 2.11 bits per heavy atom. The van der Waals surface area contributed by atoms with E-state index >= 15 is 0 Å². The Balaban J connectivity index is 1.57. The summed E-state index contributed by atoms with van der Waals surface area (Å²) in [5, 5.41) is 0. The number of likely N-dealkylation sites (N-methyl/N-ethyl adjacent to an activating group) is 1. The third-order valence-electron chi connectivity index (χ3n) is 4.50. The highest BCUT2D eigenvalue weighted by Gasteiger charge is 2.40. The van der Waals surface area contributed by atoms with Crippen LogP contribution < -0.4 is 0 Å². The number of furan rings is 1. The van der Waals surface area contributed by atoms with Crippen LogP contribution in [0, 0.1) is 0 Å². The lowest BCUT2D eigenvalue weighted by Gasteiger charge is -2.49. The number of ether oxygens (including phenoxy) is 1. The molecule has 1 aromatic heterocycles. The molecule has 3 heterocycles. The van der Waals surface area contributed by atoms with Gasteiger partial charge in [0, 0.05) is 25.2 Å². The van der Waals surface area contributed by atoms with Crippen LogP contribution in [0.5, 0.6) is 0 Å². The van der Waals surface area contributed by atoms with Gasteiger partial charge in [-0.05, 0) is 32.0 Å². The molecule has 1 aromatic rings. The van der Waals surface area contributed by atoms with Gasteiger partial charge in [0.1, 0.15) is 5.76 Å². The number of morpholine rings is 1. The summed E-state index contributed by atoms with van der Waals surface area (Å²) in [5.41, 5.74) is 0.290. The zero-order valence-electron chi connectivity index (χ0n) is 11.1. The van der Waals surface area contributed by atoms with E-state index in [4.69, 9.17) is 9.15 Å². The van der Waals surface area contributed by atoms with E-state index in [9.17, 15) is 0 Å². The van der Waals surface area contributed by atoms with Crippen LogP contribution in [0.1, 0.15) is 18.6 Å². The van der Waals surface area contributed by atoms with Crippen LogP contribution >= 0.6 is 0 Å². The van der Waals surface area contributed by atoms with Crippen molar-refractivity contribution >= 4 is 0 Å². The molecule has 0 atom stereocenters. The molecule has 4 heteroatoms. The average Bonchev–Trinajstić information content (AvgIpc) is 2.89. The monoisotopic (exact) mass is 250 g/mol. The second kappa shape index (κ2) is 5.03. The van der Waals surface area contributed by atoms with E-state index in [1.165, 1.54) is 12.8 Å². The van der Waals surface area contributed by atoms with Crippen molar-refractivity contribution in [3.63, 3.8) is 0 Å². The molecule has 2 aliphatic heterocycles. The van der Waals surface area contributed by atoms with Gasteiger partial charge >= 0.3 is 0 Å². The van der Waals surface area contributed by atoms with Gasteiger partial charge in [-0.25, -0.2) is 0 Å². The molecule has 0 unspecified atom stereocenters. The van der Waals surface area contributed by atoms with E-state index in [2.05, 4.69) is 22.9 Å². The van der Waals surface area contributed by atoms with Crippen molar-refractivity contribution in [1.29, 1.82) is 0 Å². The Morgan fingerprint density at radius 1 is 1.28 bits per heavy atom. The third-order valence-corrected chi connectivity index (χ3v) is 4.50. The van der Waals surface area contributed by atoms with Gasteiger partial charge < -0.3 is 9.15 Å². The fraction of sp³-hybridized carbons (Fsp3) is 0.714. The van der Waals surface area contributed by atoms with Crippen LogP contribution in [-0.4, -0.2) is 55.2 Å². The maximum absolute atomic E-state index is 5.70. The number of rotatable bonds is 2. The topological polar surface area (TPSA) is 28.9 Å². The maximum atomic E-state index is 5.70. The van der Waals surface area contributed by atoms with Gasteiger partial charge in [-0.2, -0.15) is 0 Å². The van der Waals surface area contributed by atoms with E-state index in [-0.39, 0.29) is 5.54 Å². The van der Waals surface area contributed by atoms with E-state index in [1.807, 2.05) is 6.07 Å². The molecule has 2 fully saturated rings. The highest BCUT2D eigenvalue weighted by atomic mass is 16.5. The summed E-state index contributed by atoms with van der Waals surface area (Å²) in [6.07, 6.45) is 4.15. The number of piperidine rings is 1. The minimum absolute atomic E-state index is 0.290. The molecular weight excluding hydrogens is 228 g/mol. The van der Waals surface area contributed by atoms with Crippen molar-refractivity contribution < 1.29 is 9.15 Å². The average molecular weight is 250 g/mol. The lowest BCUT2D eigenvalue weighted by molar-refractivity contribution is -0.0840. The highest BCUT2D eigenvalue weighted by molar-refractivity contribution is 5.00. The van der Waals surface area contributed by atoms with E-state index < -0.39 is 0 Å². The first kappa shape index (κ1) is 12.2. The SMILES string of the molecule is CN1CCOCC12CCN(Cc1ccco1)CC2. The molecule has 2 saturated heterocycles. The van der Waals surface area contributed by atoms with E-state index in [1.54, 1.807) is 6.26 Å². The van der Waals surface area contributed by atoms with Crippen LogP contribution in [0.25, 0.3) is 0 Å². The second-order valence-corrected chi connectivity index (χ2v) is 5.55. The predicted octanol–water partition coefficient (Wildman–Crippen LogP) is 1.58. The number of nitrogens with zero attached hydrogens (tertiary/aromatic N) is 2. The molecule has 3 rings (SSSR count). The van der Waals surface area contributed by atoms with Crippen molar-refractivity contribution in [1.82, 2.24) is 9.80 Å². The van der Waals surface area contributed by atoms with Gasteiger partial charge in [0.2, 0.25) is 0 Å². The molecule has 0 radical (unpaired) electrons. The molecule has 0 saturated carbocycles. The first-order valence-electron chi connectivity index (χ1n) is 6.82. The van der Waals surface area contributed by atoms with Crippen molar-refractivity contribution in [2.75, 3.05) is 39.9 Å². The van der Waals surface area contributed by atoms with Crippen LogP contribution in [0.4, 0.5) is 0 Å². The van der Waals surface area contributed by atoms with Gasteiger partial charge in [0.25, 0.3) is 0 Å². The quantitative estimate of drug-likeness (QED) is 0.797. The molecule has 4 nitrogen and oxygen atoms in total. The van der Waals surface area contributed by atoms with Crippen LogP contribution in [-0.2, 0) is 11.3 Å². The number of hydrogen-bond donors (Lipinski definition) is 0. The Labute approximate surface area is 108 Å². The van der Waals surface area contributed by atoms with E-state index in [0.29, 0.717) is 0 Å². The zero-order chi connectivity index (χ0) is 12.4. The Hall–Kier alpha value is -0.840. The van der Waals surface area contributed by atoms with Crippen molar-refractivity contribution in [2.45, 2.75) is 24.9 Å². The lowest BCUT2D eigenvalue weighted by atomic mass is 9.86. The Kier molecular flexibility index (Phi) is 3.41. The van der Waals surface area contributed by atoms with E-state index in [0.717, 1.165) is 45.2 Å². The van der Waals surface area contributed by atoms with Crippen LogP contribution in [0.3, 0.4) is 0 Å². The van der Waals surface area contributed by atoms with Crippen molar-refractivity contribution in [3.8, 4) is 0 Å². The summed E-state index contributed by atoms with van der Waals surface area (Å²) < 4.78 is 11.1. The third kappa shape index (κ3) is 2.32. The normalized spacial score (nSPS) is 25.6. The molecule has 2 aliphatic rings. The fourth-order valence-electron chi connectivity index (χ4n) is 3.09. The van der Waals surface area contributed by atoms with Gasteiger partial charge in [0.05, 0.1) is 26.0 Å².